The Labute approximate surface area is 108 Å². The molecular formula is C12H18N2O3S. The maximum atomic E-state index is 12.4. The van der Waals surface area contributed by atoms with Gasteiger partial charge in [0.2, 0.25) is 10.0 Å². The summed E-state index contributed by atoms with van der Waals surface area (Å²) in [5.74, 6) is 0.366. The van der Waals surface area contributed by atoms with Crippen LogP contribution in [-0.4, -0.2) is 32.9 Å². The first-order chi connectivity index (χ1) is 8.59. The first-order valence-electron chi connectivity index (χ1n) is 5.96. The zero-order valence-electron chi connectivity index (χ0n) is 10.4. The molecule has 0 aromatic heterocycles. The van der Waals surface area contributed by atoms with Crippen LogP contribution in [-0.2, 0) is 16.6 Å². The Morgan fingerprint density at radius 2 is 2.00 bits per heavy atom. The lowest BCUT2D eigenvalue weighted by atomic mass is 10.2. The van der Waals surface area contributed by atoms with E-state index in [1.165, 1.54) is 11.4 Å². The number of benzene rings is 1. The third-order valence-electron chi connectivity index (χ3n) is 3.15. The number of ether oxygens (including phenoxy) is 1. The first kappa shape index (κ1) is 13.3. The number of methoxy groups -OCH3 is 1. The molecule has 0 atom stereocenters. The van der Waals surface area contributed by atoms with Crippen LogP contribution >= 0.6 is 0 Å². The second kappa shape index (κ2) is 5.26. The molecule has 2 N–H and O–H groups in total. The Kier molecular flexibility index (Phi) is 3.89. The Morgan fingerprint density at radius 1 is 1.33 bits per heavy atom. The summed E-state index contributed by atoms with van der Waals surface area (Å²) in [6.07, 6.45) is 1.84. The summed E-state index contributed by atoms with van der Waals surface area (Å²) in [4.78, 5) is 0.226. The highest BCUT2D eigenvalue weighted by atomic mass is 32.2. The van der Waals surface area contributed by atoms with Gasteiger partial charge in [-0.3, -0.25) is 0 Å². The Hall–Kier alpha value is -1.11. The molecule has 2 rings (SSSR count). The number of rotatable bonds is 4. The predicted molar refractivity (Wildman–Crippen MR) is 68.9 cm³/mol. The molecule has 1 aliphatic heterocycles. The molecule has 1 aromatic rings. The summed E-state index contributed by atoms with van der Waals surface area (Å²) in [7, 11) is -1.97. The Balaban J connectivity index is 2.43. The van der Waals surface area contributed by atoms with Crippen molar-refractivity contribution in [2.45, 2.75) is 24.3 Å². The molecule has 0 aliphatic carbocycles. The van der Waals surface area contributed by atoms with E-state index in [2.05, 4.69) is 0 Å². The fraction of sp³-hybridized carbons (Fsp3) is 0.500. The Morgan fingerprint density at radius 3 is 2.56 bits per heavy atom. The van der Waals surface area contributed by atoms with Crippen molar-refractivity contribution in [1.82, 2.24) is 4.31 Å². The van der Waals surface area contributed by atoms with E-state index in [9.17, 15) is 8.42 Å². The van der Waals surface area contributed by atoms with Crippen molar-refractivity contribution in [1.29, 1.82) is 0 Å². The van der Waals surface area contributed by atoms with Gasteiger partial charge in [-0.15, -0.1) is 0 Å². The number of hydrogen-bond acceptors (Lipinski definition) is 4. The number of sulfonamides is 1. The fourth-order valence-corrected chi connectivity index (χ4v) is 3.77. The molecule has 0 bridgehead atoms. The second-order valence-electron chi connectivity index (χ2n) is 4.30. The SMILES string of the molecule is COc1cc(CN)ccc1S(=O)(=O)N1CCCC1. The van der Waals surface area contributed by atoms with E-state index in [4.69, 9.17) is 10.5 Å². The van der Waals surface area contributed by atoms with Crippen LogP contribution in [0.2, 0.25) is 0 Å². The average Bonchev–Trinajstić information content (AvgIpc) is 2.92. The highest BCUT2D eigenvalue weighted by molar-refractivity contribution is 7.89. The van der Waals surface area contributed by atoms with Crippen molar-refractivity contribution in [2.75, 3.05) is 20.2 Å². The van der Waals surface area contributed by atoms with Gasteiger partial charge in [0.05, 0.1) is 7.11 Å². The summed E-state index contributed by atoms with van der Waals surface area (Å²) >= 11 is 0. The molecule has 1 saturated heterocycles. The van der Waals surface area contributed by atoms with Crippen LogP contribution in [0.5, 0.6) is 5.75 Å². The maximum Gasteiger partial charge on any atom is 0.246 e. The van der Waals surface area contributed by atoms with E-state index in [1.807, 2.05) is 0 Å². The molecule has 5 nitrogen and oxygen atoms in total. The Bertz CT molecular complexity index is 522. The molecule has 0 amide bonds. The van der Waals surface area contributed by atoms with Crippen LogP contribution < -0.4 is 10.5 Å². The van der Waals surface area contributed by atoms with Gasteiger partial charge in [-0.05, 0) is 30.5 Å². The highest BCUT2D eigenvalue weighted by Crippen LogP contribution is 2.29. The topological polar surface area (TPSA) is 72.6 Å². The minimum atomic E-state index is -3.44. The van der Waals surface area contributed by atoms with Gasteiger partial charge < -0.3 is 10.5 Å². The quantitative estimate of drug-likeness (QED) is 0.883. The average molecular weight is 270 g/mol. The largest absolute Gasteiger partial charge is 0.495 e. The van der Waals surface area contributed by atoms with E-state index in [-0.39, 0.29) is 4.90 Å². The van der Waals surface area contributed by atoms with Crippen molar-refractivity contribution in [3.05, 3.63) is 23.8 Å². The van der Waals surface area contributed by atoms with Crippen LogP contribution in [0.1, 0.15) is 18.4 Å². The molecule has 6 heteroatoms. The number of nitrogens with two attached hydrogens (primary N) is 1. The van der Waals surface area contributed by atoms with Crippen LogP contribution in [0.15, 0.2) is 23.1 Å². The van der Waals surface area contributed by atoms with Gasteiger partial charge in [-0.25, -0.2) is 8.42 Å². The first-order valence-corrected chi connectivity index (χ1v) is 7.40. The normalized spacial score (nSPS) is 17.0. The van der Waals surface area contributed by atoms with E-state index in [0.29, 0.717) is 25.4 Å². The number of hydrogen-bond donors (Lipinski definition) is 1. The molecule has 100 valence electrons. The van der Waals surface area contributed by atoms with Crippen LogP contribution in [0.4, 0.5) is 0 Å². The van der Waals surface area contributed by atoms with E-state index in [1.54, 1.807) is 18.2 Å². The van der Waals surface area contributed by atoms with Crippen molar-refractivity contribution in [3.63, 3.8) is 0 Å². The van der Waals surface area contributed by atoms with E-state index in [0.717, 1.165) is 18.4 Å². The molecule has 18 heavy (non-hydrogen) atoms. The van der Waals surface area contributed by atoms with Crippen molar-refractivity contribution in [2.24, 2.45) is 5.73 Å². The summed E-state index contributed by atoms with van der Waals surface area (Å²) in [5.41, 5.74) is 6.39. The fourth-order valence-electron chi connectivity index (χ4n) is 2.12. The predicted octanol–water partition coefficient (Wildman–Crippen LogP) is 0.938. The van der Waals surface area contributed by atoms with Gasteiger partial charge in [0.25, 0.3) is 0 Å². The van der Waals surface area contributed by atoms with Gasteiger partial charge in [0, 0.05) is 19.6 Å². The molecule has 1 aliphatic rings. The summed E-state index contributed by atoms with van der Waals surface area (Å²) in [6.45, 7) is 1.54. The summed E-state index contributed by atoms with van der Waals surface area (Å²) < 4.78 is 31.5. The molecule has 1 aromatic carbocycles. The van der Waals surface area contributed by atoms with Crippen molar-refractivity contribution >= 4 is 10.0 Å². The van der Waals surface area contributed by atoms with Gasteiger partial charge in [0.15, 0.2) is 0 Å². The lowest BCUT2D eigenvalue weighted by molar-refractivity contribution is 0.398. The van der Waals surface area contributed by atoms with E-state index < -0.39 is 10.0 Å². The van der Waals surface area contributed by atoms with Gasteiger partial charge >= 0.3 is 0 Å². The standard InChI is InChI=1S/C12H18N2O3S/c1-17-11-8-10(9-13)4-5-12(11)18(15,16)14-6-2-3-7-14/h4-5,8H,2-3,6-7,9,13H2,1H3. The zero-order valence-corrected chi connectivity index (χ0v) is 11.2. The molecule has 0 unspecified atom stereocenters. The maximum absolute atomic E-state index is 12.4. The van der Waals surface area contributed by atoms with Gasteiger partial charge in [-0.2, -0.15) is 4.31 Å². The van der Waals surface area contributed by atoms with Crippen LogP contribution in [0, 0.1) is 0 Å². The molecule has 1 fully saturated rings. The zero-order chi connectivity index (χ0) is 13.2. The van der Waals surface area contributed by atoms with Crippen molar-refractivity contribution in [3.8, 4) is 5.75 Å². The molecular weight excluding hydrogens is 252 g/mol. The minimum Gasteiger partial charge on any atom is -0.495 e. The monoisotopic (exact) mass is 270 g/mol. The second-order valence-corrected chi connectivity index (χ2v) is 6.21. The van der Waals surface area contributed by atoms with E-state index >= 15 is 0 Å². The summed E-state index contributed by atoms with van der Waals surface area (Å²) in [5, 5.41) is 0. The van der Waals surface area contributed by atoms with Crippen LogP contribution in [0.25, 0.3) is 0 Å². The van der Waals surface area contributed by atoms with Crippen LogP contribution in [0.3, 0.4) is 0 Å². The number of nitrogens with zero attached hydrogens (tertiary/aromatic N) is 1. The minimum absolute atomic E-state index is 0.226. The smallest absolute Gasteiger partial charge is 0.246 e. The third kappa shape index (κ3) is 2.36. The molecule has 0 radical (unpaired) electrons. The van der Waals surface area contributed by atoms with Gasteiger partial charge in [0.1, 0.15) is 10.6 Å². The van der Waals surface area contributed by atoms with Gasteiger partial charge in [-0.1, -0.05) is 6.07 Å². The highest BCUT2D eigenvalue weighted by Gasteiger charge is 2.29. The molecule has 0 spiro atoms. The third-order valence-corrected chi connectivity index (χ3v) is 5.08. The summed E-state index contributed by atoms with van der Waals surface area (Å²) in [6, 6.07) is 4.99. The lowest BCUT2D eigenvalue weighted by Crippen LogP contribution is -2.28. The molecule has 1 heterocycles. The van der Waals surface area contributed by atoms with Crippen molar-refractivity contribution < 1.29 is 13.2 Å². The molecule has 0 saturated carbocycles. The lowest BCUT2D eigenvalue weighted by Gasteiger charge is -2.18.